The van der Waals surface area contributed by atoms with Gasteiger partial charge >= 0.3 is 11.9 Å². The maximum atomic E-state index is 11.2. The van der Waals surface area contributed by atoms with Crippen LogP contribution in [0.4, 0.5) is 0 Å². The van der Waals surface area contributed by atoms with Crippen LogP contribution < -0.4 is 0 Å². The van der Waals surface area contributed by atoms with Gasteiger partial charge in [0.05, 0.1) is 0 Å². The molecule has 4 nitrogen and oxygen atoms in total. The van der Waals surface area contributed by atoms with Crippen molar-refractivity contribution in [2.24, 2.45) is 0 Å². The van der Waals surface area contributed by atoms with Crippen LogP contribution in [0.25, 0.3) is 0 Å². The Labute approximate surface area is 108 Å². The standard InChI is InChI=1S/C14H20O4/c1-11(2)7-9-17-13(15)5-6-14(16)18-10-8-12(3)4/h5-8H,9-10H2,1-4H3/b6-5+. The van der Waals surface area contributed by atoms with Crippen molar-refractivity contribution < 1.29 is 19.1 Å². The van der Waals surface area contributed by atoms with Crippen molar-refractivity contribution in [3.8, 4) is 0 Å². The summed E-state index contributed by atoms with van der Waals surface area (Å²) in [5.41, 5.74) is 2.13. The fourth-order valence-electron chi connectivity index (χ4n) is 0.813. The first-order chi connectivity index (χ1) is 8.41. The molecule has 0 aliphatic heterocycles. The molecule has 18 heavy (non-hydrogen) atoms. The van der Waals surface area contributed by atoms with E-state index in [1.54, 1.807) is 12.2 Å². The summed E-state index contributed by atoms with van der Waals surface area (Å²) in [6, 6.07) is 0. The van der Waals surface area contributed by atoms with Crippen molar-refractivity contribution in [2.75, 3.05) is 13.2 Å². The third kappa shape index (κ3) is 10.7. The molecule has 0 saturated heterocycles. The number of hydrogen-bond donors (Lipinski definition) is 0. The highest BCUT2D eigenvalue weighted by Crippen LogP contribution is 1.92. The summed E-state index contributed by atoms with van der Waals surface area (Å²) in [7, 11) is 0. The molecule has 0 aliphatic rings. The summed E-state index contributed by atoms with van der Waals surface area (Å²) in [4.78, 5) is 22.3. The zero-order chi connectivity index (χ0) is 14.0. The number of allylic oxidation sites excluding steroid dienone is 2. The molecule has 0 aromatic carbocycles. The van der Waals surface area contributed by atoms with E-state index in [0.29, 0.717) is 0 Å². The van der Waals surface area contributed by atoms with Gasteiger partial charge in [-0.25, -0.2) is 9.59 Å². The Bertz CT molecular complexity index is 331. The molecule has 0 aliphatic carbocycles. The van der Waals surface area contributed by atoms with Crippen LogP contribution in [-0.4, -0.2) is 25.2 Å². The Morgan fingerprint density at radius 3 is 1.39 bits per heavy atom. The van der Waals surface area contributed by atoms with Gasteiger partial charge in [-0.05, 0) is 39.8 Å². The molecule has 0 aromatic heterocycles. The van der Waals surface area contributed by atoms with E-state index in [1.165, 1.54) is 0 Å². The van der Waals surface area contributed by atoms with Crippen LogP contribution in [0.1, 0.15) is 27.7 Å². The number of esters is 2. The Kier molecular flexibility index (Phi) is 8.27. The van der Waals surface area contributed by atoms with Gasteiger partial charge in [0, 0.05) is 12.2 Å². The van der Waals surface area contributed by atoms with Crippen LogP contribution in [0.15, 0.2) is 35.5 Å². The van der Waals surface area contributed by atoms with E-state index >= 15 is 0 Å². The molecule has 0 fully saturated rings. The van der Waals surface area contributed by atoms with Gasteiger partial charge in [0.2, 0.25) is 0 Å². The van der Waals surface area contributed by atoms with Gasteiger partial charge in [0.15, 0.2) is 0 Å². The minimum Gasteiger partial charge on any atom is -0.458 e. The van der Waals surface area contributed by atoms with Gasteiger partial charge in [-0.2, -0.15) is 0 Å². The second kappa shape index (κ2) is 9.22. The first-order valence-electron chi connectivity index (χ1n) is 5.70. The van der Waals surface area contributed by atoms with Crippen molar-refractivity contribution in [3.63, 3.8) is 0 Å². The predicted molar refractivity (Wildman–Crippen MR) is 69.9 cm³/mol. The van der Waals surface area contributed by atoms with Crippen LogP contribution in [0.2, 0.25) is 0 Å². The van der Waals surface area contributed by atoms with E-state index in [1.807, 2.05) is 27.7 Å². The molecule has 0 heterocycles. The van der Waals surface area contributed by atoms with Crippen molar-refractivity contribution in [3.05, 3.63) is 35.5 Å². The van der Waals surface area contributed by atoms with E-state index in [0.717, 1.165) is 23.3 Å². The molecular formula is C14H20O4. The summed E-state index contributed by atoms with van der Waals surface area (Å²) >= 11 is 0. The van der Waals surface area contributed by atoms with Gasteiger partial charge in [-0.1, -0.05) is 11.1 Å². The van der Waals surface area contributed by atoms with E-state index in [4.69, 9.17) is 9.47 Å². The number of hydrogen-bond acceptors (Lipinski definition) is 4. The molecule has 0 spiro atoms. The molecule has 0 unspecified atom stereocenters. The lowest BCUT2D eigenvalue weighted by atomic mass is 10.3. The van der Waals surface area contributed by atoms with Crippen molar-refractivity contribution in [2.45, 2.75) is 27.7 Å². The van der Waals surface area contributed by atoms with Gasteiger partial charge in [0.1, 0.15) is 13.2 Å². The molecular weight excluding hydrogens is 232 g/mol. The average Bonchev–Trinajstić information content (AvgIpc) is 2.25. The monoisotopic (exact) mass is 252 g/mol. The zero-order valence-electron chi connectivity index (χ0n) is 11.4. The number of carbonyl (C=O) groups excluding carboxylic acids is 2. The lowest BCUT2D eigenvalue weighted by Crippen LogP contribution is -2.04. The summed E-state index contributed by atoms with van der Waals surface area (Å²) in [5.74, 6) is -1.13. The average molecular weight is 252 g/mol. The molecule has 0 amide bonds. The molecule has 0 aromatic rings. The fraction of sp³-hybridized carbons (Fsp3) is 0.429. The second-order valence-corrected chi connectivity index (χ2v) is 4.16. The van der Waals surface area contributed by atoms with Crippen molar-refractivity contribution in [1.82, 2.24) is 0 Å². The smallest absolute Gasteiger partial charge is 0.331 e. The molecule has 0 saturated carbocycles. The Morgan fingerprint density at radius 2 is 1.11 bits per heavy atom. The lowest BCUT2D eigenvalue weighted by molar-refractivity contribution is -0.139. The quantitative estimate of drug-likeness (QED) is 0.414. The molecule has 0 bridgehead atoms. The summed E-state index contributed by atoms with van der Waals surface area (Å²) in [5, 5.41) is 0. The summed E-state index contributed by atoms with van der Waals surface area (Å²) in [6.45, 7) is 8.04. The highest BCUT2D eigenvalue weighted by molar-refractivity contribution is 5.91. The van der Waals surface area contributed by atoms with Crippen LogP contribution in [0.5, 0.6) is 0 Å². The normalized spacial score (nSPS) is 9.78. The number of rotatable bonds is 6. The van der Waals surface area contributed by atoms with Crippen LogP contribution in [0.3, 0.4) is 0 Å². The first-order valence-corrected chi connectivity index (χ1v) is 5.70. The van der Waals surface area contributed by atoms with Crippen LogP contribution in [-0.2, 0) is 19.1 Å². The molecule has 0 rings (SSSR count). The Morgan fingerprint density at radius 1 is 0.778 bits per heavy atom. The summed E-state index contributed by atoms with van der Waals surface area (Å²) < 4.78 is 9.65. The Hall–Kier alpha value is -1.84. The highest BCUT2D eigenvalue weighted by atomic mass is 16.5. The highest BCUT2D eigenvalue weighted by Gasteiger charge is 1.99. The molecule has 0 radical (unpaired) electrons. The van der Waals surface area contributed by atoms with Gasteiger partial charge in [-0.3, -0.25) is 0 Å². The Balaban J connectivity index is 3.92. The minimum absolute atomic E-state index is 0.207. The zero-order valence-corrected chi connectivity index (χ0v) is 11.4. The van der Waals surface area contributed by atoms with Gasteiger partial charge in [0.25, 0.3) is 0 Å². The van der Waals surface area contributed by atoms with E-state index in [2.05, 4.69) is 0 Å². The minimum atomic E-state index is -0.563. The summed E-state index contributed by atoms with van der Waals surface area (Å²) in [6.07, 6.45) is 5.67. The largest absolute Gasteiger partial charge is 0.458 e. The molecule has 0 atom stereocenters. The molecule has 100 valence electrons. The third-order valence-corrected chi connectivity index (χ3v) is 1.79. The molecule has 0 N–H and O–H groups in total. The third-order valence-electron chi connectivity index (χ3n) is 1.79. The van der Waals surface area contributed by atoms with E-state index in [-0.39, 0.29) is 13.2 Å². The van der Waals surface area contributed by atoms with E-state index in [9.17, 15) is 9.59 Å². The van der Waals surface area contributed by atoms with Gasteiger partial charge in [-0.15, -0.1) is 0 Å². The second-order valence-electron chi connectivity index (χ2n) is 4.16. The van der Waals surface area contributed by atoms with E-state index < -0.39 is 11.9 Å². The topological polar surface area (TPSA) is 52.6 Å². The maximum Gasteiger partial charge on any atom is 0.331 e. The lowest BCUT2D eigenvalue weighted by Gasteiger charge is -1.98. The van der Waals surface area contributed by atoms with Crippen LogP contribution >= 0.6 is 0 Å². The predicted octanol–water partition coefficient (Wildman–Crippen LogP) is 2.56. The number of carbonyl (C=O) groups is 2. The van der Waals surface area contributed by atoms with Crippen molar-refractivity contribution in [1.29, 1.82) is 0 Å². The number of ether oxygens (including phenoxy) is 2. The fourth-order valence-corrected chi connectivity index (χ4v) is 0.813. The van der Waals surface area contributed by atoms with Crippen LogP contribution in [0, 0.1) is 0 Å². The first kappa shape index (κ1) is 16.2. The van der Waals surface area contributed by atoms with Gasteiger partial charge < -0.3 is 9.47 Å². The SMILES string of the molecule is CC(C)=CCOC(=O)/C=C/C(=O)OCC=C(C)C. The maximum absolute atomic E-state index is 11.2. The van der Waals surface area contributed by atoms with Crippen molar-refractivity contribution >= 4 is 11.9 Å². The molecule has 4 heteroatoms.